The maximum absolute atomic E-state index is 13.2. The summed E-state index contributed by atoms with van der Waals surface area (Å²) in [5.41, 5.74) is -1.32. The molecule has 0 aromatic carbocycles. The molecule has 0 unspecified atom stereocenters. The molecule has 2 aromatic heterocycles. The molecule has 8 heteroatoms. The van der Waals surface area contributed by atoms with Gasteiger partial charge in [0.05, 0.1) is 0 Å². The van der Waals surface area contributed by atoms with E-state index in [-0.39, 0.29) is 11.1 Å². The molecule has 2 heterocycles. The molecule has 19 heavy (non-hydrogen) atoms. The van der Waals surface area contributed by atoms with Gasteiger partial charge in [-0.25, -0.2) is 23.3 Å². The van der Waals surface area contributed by atoms with Crippen LogP contribution in [-0.4, -0.2) is 26.0 Å². The molecule has 0 spiro atoms. The molecule has 0 saturated heterocycles. The Morgan fingerprint density at radius 1 is 1.21 bits per heavy atom. The van der Waals surface area contributed by atoms with Crippen LogP contribution in [0.1, 0.15) is 32.3 Å². The van der Waals surface area contributed by atoms with Gasteiger partial charge in [0.15, 0.2) is 11.5 Å². The summed E-state index contributed by atoms with van der Waals surface area (Å²) in [5, 5.41) is 4.06. The third-order valence-corrected chi connectivity index (χ3v) is 2.52. The Morgan fingerprint density at radius 3 is 2.37 bits per heavy atom. The zero-order valence-corrected chi connectivity index (χ0v) is 10.5. The maximum atomic E-state index is 13.2. The first-order valence-corrected chi connectivity index (χ1v) is 5.51. The van der Waals surface area contributed by atoms with Crippen molar-refractivity contribution in [3.05, 3.63) is 23.9 Å². The number of nitrogens with zero attached hydrogens (tertiary/aromatic N) is 4. The highest BCUT2D eigenvalue weighted by Crippen LogP contribution is 2.33. The van der Waals surface area contributed by atoms with Crippen molar-refractivity contribution in [3.8, 4) is 0 Å². The van der Waals surface area contributed by atoms with E-state index in [4.69, 9.17) is 0 Å². The van der Waals surface area contributed by atoms with E-state index in [0.717, 1.165) is 12.4 Å². The Labute approximate surface area is 106 Å². The molecule has 2 rings (SSSR count). The summed E-state index contributed by atoms with van der Waals surface area (Å²) < 4.78 is 52.1. The average molecular weight is 276 g/mol. The van der Waals surface area contributed by atoms with Gasteiger partial charge in [-0.1, -0.05) is 20.8 Å². The summed E-state index contributed by atoms with van der Waals surface area (Å²) in [6.45, 7) is 5.55. The third kappa shape index (κ3) is 2.39. The quantitative estimate of drug-likeness (QED) is 0.792. The Morgan fingerprint density at radius 2 is 1.84 bits per heavy atom. The van der Waals surface area contributed by atoms with Crippen LogP contribution in [0.3, 0.4) is 0 Å². The number of fused-ring (bicyclic) bond motifs is 1. The molecule has 104 valence electrons. The number of hydrogen-bond donors (Lipinski definition) is 0. The zero-order valence-electron chi connectivity index (χ0n) is 10.5. The van der Waals surface area contributed by atoms with Gasteiger partial charge in [-0.05, 0) is 0 Å². The standard InChI is InChI=1S/C11H12F4N4/c1-10(2,3)9-17-7-4-6(11(14,15)8(12)13)16-5-19(7)18-9/h4-5,8H,1-3H3. The van der Waals surface area contributed by atoms with Crippen molar-refractivity contribution in [2.75, 3.05) is 0 Å². The summed E-state index contributed by atoms with van der Waals surface area (Å²) in [6, 6.07) is 0.828. The molecular formula is C11H12F4N4. The van der Waals surface area contributed by atoms with Gasteiger partial charge in [0.2, 0.25) is 0 Å². The summed E-state index contributed by atoms with van der Waals surface area (Å²) in [5.74, 6) is -3.87. The largest absolute Gasteiger partial charge is 0.349 e. The van der Waals surface area contributed by atoms with Gasteiger partial charge in [-0.15, -0.1) is 5.10 Å². The van der Waals surface area contributed by atoms with Crippen LogP contribution in [0.15, 0.2) is 12.4 Å². The maximum Gasteiger partial charge on any atom is 0.349 e. The Kier molecular flexibility index (Phi) is 2.98. The lowest BCUT2D eigenvalue weighted by Crippen LogP contribution is -2.25. The highest BCUT2D eigenvalue weighted by Gasteiger charge is 2.44. The van der Waals surface area contributed by atoms with E-state index in [9.17, 15) is 17.6 Å². The number of rotatable bonds is 2. The van der Waals surface area contributed by atoms with Crippen LogP contribution in [0.4, 0.5) is 17.6 Å². The van der Waals surface area contributed by atoms with Crippen LogP contribution >= 0.6 is 0 Å². The SMILES string of the molecule is CC(C)(C)c1nc2cc(C(F)(F)C(F)F)ncn2n1. The van der Waals surface area contributed by atoms with Crippen molar-refractivity contribution < 1.29 is 17.6 Å². The molecule has 0 aliphatic heterocycles. The van der Waals surface area contributed by atoms with Gasteiger partial charge in [-0.3, -0.25) is 0 Å². The van der Waals surface area contributed by atoms with Gasteiger partial charge >= 0.3 is 12.3 Å². The Hall–Kier alpha value is -1.73. The first kappa shape index (κ1) is 13.7. The second-order valence-corrected chi connectivity index (χ2v) is 5.19. The fourth-order valence-corrected chi connectivity index (χ4v) is 1.41. The van der Waals surface area contributed by atoms with Crippen molar-refractivity contribution in [2.45, 2.75) is 38.5 Å². The molecule has 0 N–H and O–H groups in total. The average Bonchev–Trinajstić information content (AvgIpc) is 2.70. The van der Waals surface area contributed by atoms with Crippen LogP contribution in [0.5, 0.6) is 0 Å². The number of aromatic nitrogens is 4. The van der Waals surface area contributed by atoms with E-state index in [0.29, 0.717) is 5.82 Å². The lowest BCUT2D eigenvalue weighted by Gasteiger charge is -2.13. The lowest BCUT2D eigenvalue weighted by molar-refractivity contribution is -0.138. The van der Waals surface area contributed by atoms with Gasteiger partial charge in [0.25, 0.3) is 0 Å². The molecule has 0 atom stereocenters. The van der Waals surface area contributed by atoms with E-state index < -0.39 is 18.0 Å². The minimum atomic E-state index is -4.30. The molecule has 0 amide bonds. The van der Waals surface area contributed by atoms with Gasteiger partial charge in [0.1, 0.15) is 12.0 Å². The monoisotopic (exact) mass is 276 g/mol. The van der Waals surface area contributed by atoms with E-state index in [1.807, 2.05) is 20.8 Å². The molecule has 0 fully saturated rings. The van der Waals surface area contributed by atoms with Crippen LogP contribution in [-0.2, 0) is 11.3 Å². The number of halogens is 4. The summed E-state index contributed by atoms with van der Waals surface area (Å²) in [7, 11) is 0. The van der Waals surface area contributed by atoms with Crippen LogP contribution < -0.4 is 0 Å². The zero-order chi connectivity index (χ0) is 14.4. The normalized spacial score (nSPS) is 13.5. The third-order valence-electron chi connectivity index (χ3n) is 2.52. The van der Waals surface area contributed by atoms with Crippen LogP contribution in [0, 0.1) is 0 Å². The van der Waals surface area contributed by atoms with Crippen molar-refractivity contribution in [3.63, 3.8) is 0 Å². The Balaban J connectivity index is 2.53. The molecular weight excluding hydrogens is 264 g/mol. The van der Waals surface area contributed by atoms with Gasteiger partial charge < -0.3 is 0 Å². The van der Waals surface area contributed by atoms with E-state index in [1.165, 1.54) is 4.52 Å². The smallest absolute Gasteiger partial charge is 0.235 e. The highest BCUT2D eigenvalue weighted by molar-refractivity contribution is 5.39. The van der Waals surface area contributed by atoms with Crippen molar-refractivity contribution >= 4 is 5.65 Å². The Bertz CT molecular complexity index is 600. The van der Waals surface area contributed by atoms with Crippen molar-refractivity contribution in [2.24, 2.45) is 0 Å². The minimum absolute atomic E-state index is 0.0650. The molecule has 0 aliphatic carbocycles. The van der Waals surface area contributed by atoms with Crippen LogP contribution in [0.25, 0.3) is 5.65 Å². The number of alkyl halides is 4. The second kappa shape index (κ2) is 4.14. The first-order chi connectivity index (χ1) is 8.62. The predicted molar refractivity (Wildman–Crippen MR) is 59.4 cm³/mol. The fourth-order valence-electron chi connectivity index (χ4n) is 1.41. The van der Waals surface area contributed by atoms with E-state index >= 15 is 0 Å². The van der Waals surface area contributed by atoms with E-state index in [1.54, 1.807) is 0 Å². The van der Waals surface area contributed by atoms with Crippen LogP contribution in [0.2, 0.25) is 0 Å². The molecule has 0 radical (unpaired) electrons. The summed E-state index contributed by atoms with van der Waals surface area (Å²) >= 11 is 0. The van der Waals surface area contributed by atoms with Gasteiger partial charge in [-0.2, -0.15) is 8.78 Å². The highest BCUT2D eigenvalue weighted by atomic mass is 19.3. The molecule has 0 aliphatic rings. The number of hydrogen-bond acceptors (Lipinski definition) is 3. The molecule has 4 nitrogen and oxygen atoms in total. The van der Waals surface area contributed by atoms with Gasteiger partial charge in [0, 0.05) is 11.5 Å². The lowest BCUT2D eigenvalue weighted by atomic mass is 9.96. The molecule has 0 bridgehead atoms. The predicted octanol–water partition coefficient (Wildman–Crippen LogP) is 2.78. The topological polar surface area (TPSA) is 43.1 Å². The molecule has 2 aromatic rings. The first-order valence-electron chi connectivity index (χ1n) is 5.51. The molecule has 0 saturated carbocycles. The summed E-state index contributed by atoms with van der Waals surface area (Å²) in [6.07, 6.45) is -2.85. The summed E-state index contributed by atoms with van der Waals surface area (Å²) in [4.78, 5) is 7.38. The van der Waals surface area contributed by atoms with E-state index in [2.05, 4.69) is 15.1 Å². The van der Waals surface area contributed by atoms with Crippen molar-refractivity contribution in [1.82, 2.24) is 19.6 Å². The minimum Gasteiger partial charge on any atom is -0.235 e. The van der Waals surface area contributed by atoms with Crippen molar-refractivity contribution in [1.29, 1.82) is 0 Å². The second-order valence-electron chi connectivity index (χ2n) is 5.19. The fraction of sp³-hybridized carbons (Fsp3) is 0.545.